The SMILES string of the molecule is CCCN1C(=O)N/C(=C/c2ccc(OCC(=O)OCC)c(OCC)c2)C1=O. The van der Waals surface area contributed by atoms with Gasteiger partial charge in [0.15, 0.2) is 18.1 Å². The first-order valence-electron chi connectivity index (χ1n) is 8.89. The second-order valence-electron chi connectivity index (χ2n) is 5.68. The Morgan fingerprint density at radius 1 is 1.11 bits per heavy atom. The summed E-state index contributed by atoms with van der Waals surface area (Å²) >= 11 is 0. The van der Waals surface area contributed by atoms with Gasteiger partial charge in [-0.1, -0.05) is 13.0 Å². The van der Waals surface area contributed by atoms with Crippen molar-refractivity contribution in [3.63, 3.8) is 0 Å². The Morgan fingerprint density at radius 2 is 1.89 bits per heavy atom. The van der Waals surface area contributed by atoms with E-state index in [1.807, 2.05) is 13.8 Å². The number of hydrogen-bond donors (Lipinski definition) is 1. The lowest BCUT2D eigenvalue weighted by Crippen LogP contribution is -2.31. The number of carbonyl (C=O) groups excluding carboxylic acids is 3. The average molecular weight is 376 g/mol. The molecular weight excluding hydrogens is 352 g/mol. The maximum Gasteiger partial charge on any atom is 0.344 e. The van der Waals surface area contributed by atoms with Crippen LogP contribution in [-0.4, -0.2) is 49.2 Å². The fourth-order valence-corrected chi connectivity index (χ4v) is 2.51. The summed E-state index contributed by atoms with van der Waals surface area (Å²) in [6.45, 7) is 6.26. The van der Waals surface area contributed by atoms with E-state index >= 15 is 0 Å². The number of benzene rings is 1. The molecule has 1 aliphatic rings. The number of nitrogens with zero attached hydrogens (tertiary/aromatic N) is 1. The first-order valence-corrected chi connectivity index (χ1v) is 8.89. The lowest BCUT2D eigenvalue weighted by Gasteiger charge is -2.12. The number of amides is 3. The number of imide groups is 1. The Labute approximate surface area is 158 Å². The van der Waals surface area contributed by atoms with E-state index in [1.54, 1.807) is 31.2 Å². The summed E-state index contributed by atoms with van der Waals surface area (Å²) in [5, 5.41) is 2.57. The molecule has 1 aliphatic heterocycles. The van der Waals surface area contributed by atoms with E-state index in [-0.39, 0.29) is 24.8 Å². The van der Waals surface area contributed by atoms with Gasteiger partial charge in [0.25, 0.3) is 5.91 Å². The van der Waals surface area contributed by atoms with Gasteiger partial charge >= 0.3 is 12.0 Å². The third-order valence-corrected chi connectivity index (χ3v) is 3.64. The normalized spacial score (nSPS) is 15.1. The van der Waals surface area contributed by atoms with Crippen molar-refractivity contribution in [3.8, 4) is 11.5 Å². The monoisotopic (exact) mass is 376 g/mol. The fraction of sp³-hybridized carbons (Fsp3) is 0.421. The molecule has 1 saturated heterocycles. The van der Waals surface area contributed by atoms with Crippen LogP contribution in [0.5, 0.6) is 11.5 Å². The molecule has 0 aliphatic carbocycles. The molecule has 0 radical (unpaired) electrons. The van der Waals surface area contributed by atoms with Crippen molar-refractivity contribution in [2.45, 2.75) is 27.2 Å². The number of hydrogen-bond acceptors (Lipinski definition) is 6. The minimum Gasteiger partial charge on any atom is -0.490 e. The number of carbonyl (C=O) groups is 3. The average Bonchev–Trinajstić information content (AvgIpc) is 2.89. The highest BCUT2D eigenvalue weighted by molar-refractivity contribution is 6.13. The summed E-state index contributed by atoms with van der Waals surface area (Å²) in [5.41, 5.74) is 0.861. The summed E-state index contributed by atoms with van der Waals surface area (Å²) in [4.78, 5) is 36.8. The molecule has 0 unspecified atom stereocenters. The highest BCUT2D eigenvalue weighted by atomic mass is 16.6. The molecule has 1 N–H and O–H groups in total. The molecule has 146 valence electrons. The highest BCUT2D eigenvalue weighted by Gasteiger charge is 2.32. The van der Waals surface area contributed by atoms with Gasteiger partial charge in [0.2, 0.25) is 0 Å². The minimum atomic E-state index is -0.471. The van der Waals surface area contributed by atoms with E-state index in [4.69, 9.17) is 14.2 Å². The second kappa shape index (κ2) is 9.61. The van der Waals surface area contributed by atoms with Gasteiger partial charge in [-0.05, 0) is 44.0 Å². The Kier molecular flexibility index (Phi) is 7.22. The number of rotatable bonds is 9. The van der Waals surface area contributed by atoms with Crippen LogP contribution in [0.25, 0.3) is 6.08 Å². The molecular formula is C19H24N2O6. The Hall–Kier alpha value is -3.03. The minimum absolute atomic E-state index is 0.205. The topological polar surface area (TPSA) is 94.2 Å². The molecule has 8 nitrogen and oxygen atoms in total. The molecule has 2 rings (SSSR count). The van der Waals surface area contributed by atoms with Crippen LogP contribution in [0, 0.1) is 0 Å². The van der Waals surface area contributed by atoms with Crippen molar-refractivity contribution in [1.29, 1.82) is 0 Å². The van der Waals surface area contributed by atoms with Crippen LogP contribution in [0.3, 0.4) is 0 Å². The maximum atomic E-state index is 12.3. The van der Waals surface area contributed by atoms with Crippen molar-refractivity contribution in [2.75, 3.05) is 26.4 Å². The van der Waals surface area contributed by atoms with E-state index in [1.165, 1.54) is 4.90 Å². The van der Waals surface area contributed by atoms with Gasteiger partial charge in [-0.25, -0.2) is 9.59 Å². The predicted molar refractivity (Wildman–Crippen MR) is 98.3 cm³/mol. The van der Waals surface area contributed by atoms with E-state index in [9.17, 15) is 14.4 Å². The molecule has 0 atom stereocenters. The van der Waals surface area contributed by atoms with Crippen molar-refractivity contribution >= 4 is 24.0 Å². The third-order valence-electron chi connectivity index (χ3n) is 3.64. The molecule has 1 fully saturated rings. The second-order valence-corrected chi connectivity index (χ2v) is 5.68. The van der Waals surface area contributed by atoms with Crippen LogP contribution < -0.4 is 14.8 Å². The maximum absolute atomic E-state index is 12.3. The van der Waals surface area contributed by atoms with Crippen LogP contribution in [-0.2, 0) is 14.3 Å². The van der Waals surface area contributed by atoms with Crippen LogP contribution in [0.4, 0.5) is 4.79 Å². The van der Waals surface area contributed by atoms with E-state index in [2.05, 4.69) is 5.32 Å². The standard InChI is InChI=1S/C19H24N2O6/c1-4-9-21-18(23)14(20-19(21)24)10-13-7-8-15(16(11-13)25-5-2)27-12-17(22)26-6-3/h7-8,10-11H,4-6,9,12H2,1-3H3,(H,20,24)/b14-10+. The van der Waals surface area contributed by atoms with E-state index in [0.29, 0.717) is 36.6 Å². The van der Waals surface area contributed by atoms with Crippen LogP contribution in [0.1, 0.15) is 32.8 Å². The summed E-state index contributed by atoms with van der Waals surface area (Å²) in [7, 11) is 0. The smallest absolute Gasteiger partial charge is 0.344 e. The number of ether oxygens (including phenoxy) is 3. The van der Waals surface area contributed by atoms with Crippen molar-refractivity contribution in [3.05, 3.63) is 29.5 Å². The molecule has 8 heteroatoms. The Morgan fingerprint density at radius 3 is 2.56 bits per heavy atom. The van der Waals surface area contributed by atoms with Gasteiger partial charge in [0, 0.05) is 6.54 Å². The van der Waals surface area contributed by atoms with Crippen LogP contribution in [0.15, 0.2) is 23.9 Å². The van der Waals surface area contributed by atoms with Gasteiger partial charge in [0.1, 0.15) is 5.70 Å². The van der Waals surface area contributed by atoms with Gasteiger partial charge in [0.05, 0.1) is 13.2 Å². The van der Waals surface area contributed by atoms with E-state index < -0.39 is 12.0 Å². The van der Waals surface area contributed by atoms with Gasteiger partial charge in [-0.15, -0.1) is 0 Å². The summed E-state index contributed by atoms with van der Waals surface area (Å²) < 4.78 is 15.8. The Balaban J connectivity index is 2.18. The summed E-state index contributed by atoms with van der Waals surface area (Å²) in [6, 6.07) is 4.60. The number of urea groups is 1. The Bertz CT molecular complexity index is 744. The van der Waals surface area contributed by atoms with Crippen LogP contribution >= 0.6 is 0 Å². The third kappa shape index (κ3) is 5.22. The first kappa shape index (κ1) is 20.3. The lowest BCUT2D eigenvalue weighted by molar-refractivity contribution is -0.145. The molecule has 1 aromatic rings. The van der Waals surface area contributed by atoms with Crippen LogP contribution in [0.2, 0.25) is 0 Å². The molecule has 0 saturated carbocycles. The zero-order valence-corrected chi connectivity index (χ0v) is 15.7. The molecule has 1 aromatic carbocycles. The van der Waals surface area contributed by atoms with Gasteiger partial charge in [-0.2, -0.15) is 0 Å². The van der Waals surface area contributed by atoms with Crippen molar-refractivity contribution < 1.29 is 28.6 Å². The first-order chi connectivity index (χ1) is 13.0. The predicted octanol–water partition coefficient (Wildman–Crippen LogP) is 2.33. The summed E-state index contributed by atoms with van der Waals surface area (Å²) in [6.07, 6.45) is 2.26. The quantitative estimate of drug-likeness (QED) is 0.404. The number of nitrogens with one attached hydrogen (secondary N) is 1. The lowest BCUT2D eigenvalue weighted by atomic mass is 10.1. The fourth-order valence-electron chi connectivity index (χ4n) is 2.51. The molecule has 3 amide bonds. The largest absolute Gasteiger partial charge is 0.490 e. The zero-order chi connectivity index (χ0) is 19.8. The van der Waals surface area contributed by atoms with E-state index in [0.717, 1.165) is 0 Å². The molecule has 0 bridgehead atoms. The van der Waals surface area contributed by atoms with Gasteiger partial charge < -0.3 is 19.5 Å². The number of esters is 1. The molecule has 0 spiro atoms. The van der Waals surface area contributed by atoms with Gasteiger partial charge in [-0.3, -0.25) is 9.69 Å². The summed E-state index contributed by atoms with van der Waals surface area (Å²) in [5.74, 6) is -0.0105. The molecule has 0 aromatic heterocycles. The molecule has 1 heterocycles. The molecule has 27 heavy (non-hydrogen) atoms. The van der Waals surface area contributed by atoms with Crippen molar-refractivity contribution in [2.24, 2.45) is 0 Å². The highest BCUT2D eigenvalue weighted by Crippen LogP contribution is 2.29. The van der Waals surface area contributed by atoms with Crippen molar-refractivity contribution in [1.82, 2.24) is 10.2 Å². The zero-order valence-electron chi connectivity index (χ0n) is 15.7.